The second-order valence-electron chi connectivity index (χ2n) is 8.65. The fraction of sp³-hybridized carbons (Fsp3) is 0.524. The summed E-state index contributed by atoms with van der Waals surface area (Å²) in [6.45, 7) is 5.83. The zero-order valence-electron chi connectivity index (χ0n) is 16.5. The van der Waals surface area contributed by atoms with E-state index in [9.17, 15) is 4.79 Å². The van der Waals surface area contributed by atoms with Crippen LogP contribution in [-0.2, 0) is 10.2 Å². The molecule has 0 saturated carbocycles. The van der Waals surface area contributed by atoms with E-state index in [1.807, 2.05) is 12.1 Å². The highest BCUT2D eigenvalue weighted by Gasteiger charge is 2.40. The van der Waals surface area contributed by atoms with Gasteiger partial charge >= 0.3 is 0 Å². The molecule has 7 nitrogen and oxygen atoms in total. The van der Waals surface area contributed by atoms with Gasteiger partial charge in [0.15, 0.2) is 5.82 Å². The number of tetrazole rings is 1. The number of rotatable bonds is 4. The second kappa shape index (κ2) is 7.13. The Labute approximate surface area is 164 Å². The topological polar surface area (TPSA) is 107 Å². The molecule has 4 rings (SSSR count). The van der Waals surface area contributed by atoms with Gasteiger partial charge in [-0.25, -0.2) is 0 Å². The van der Waals surface area contributed by atoms with Gasteiger partial charge in [-0.2, -0.15) is 5.21 Å². The molecule has 1 aliphatic carbocycles. The SMILES string of the molecule is CC1(C)CC=C(c2cc(C3(c4nn[nH]n4)CCOCC3)ccc2C(N)=O)CC1. The molecule has 3 N–H and O–H groups in total. The first-order chi connectivity index (χ1) is 13.4. The van der Waals surface area contributed by atoms with E-state index in [1.54, 1.807) is 0 Å². The molecule has 0 bridgehead atoms. The van der Waals surface area contributed by atoms with Gasteiger partial charge in [0.1, 0.15) is 0 Å². The molecule has 1 aliphatic heterocycles. The van der Waals surface area contributed by atoms with Gasteiger partial charge in [-0.15, -0.1) is 10.2 Å². The van der Waals surface area contributed by atoms with Gasteiger partial charge in [0.2, 0.25) is 5.91 Å². The van der Waals surface area contributed by atoms with E-state index in [4.69, 9.17) is 10.5 Å². The van der Waals surface area contributed by atoms with Crippen LogP contribution < -0.4 is 5.73 Å². The molecule has 1 aromatic heterocycles. The van der Waals surface area contributed by atoms with Crippen LogP contribution in [0.15, 0.2) is 24.3 Å². The Hall–Kier alpha value is -2.54. The largest absolute Gasteiger partial charge is 0.381 e. The minimum atomic E-state index is -0.395. The normalized spacial score (nSPS) is 21.1. The lowest BCUT2D eigenvalue weighted by molar-refractivity contribution is 0.0604. The predicted octanol–water partition coefficient (Wildman–Crippen LogP) is 2.99. The lowest BCUT2D eigenvalue weighted by atomic mass is 9.71. The number of ether oxygens (including phenoxy) is 1. The number of amides is 1. The van der Waals surface area contributed by atoms with Gasteiger partial charge in [-0.1, -0.05) is 31.2 Å². The maximum atomic E-state index is 12.1. The molecule has 7 heteroatoms. The van der Waals surface area contributed by atoms with Gasteiger partial charge in [-0.05, 0) is 66.4 Å². The van der Waals surface area contributed by atoms with E-state index in [2.05, 4.69) is 46.6 Å². The van der Waals surface area contributed by atoms with Crippen molar-refractivity contribution in [2.24, 2.45) is 11.1 Å². The summed E-state index contributed by atoms with van der Waals surface area (Å²) in [5.41, 5.74) is 9.43. The second-order valence-corrected chi connectivity index (χ2v) is 8.65. The molecule has 0 radical (unpaired) electrons. The quantitative estimate of drug-likeness (QED) is 0.847. The highest BCUT2D eigenvalue weighted by atomic mass is 16.5. The van der Waals surface area contributed by atoms with Crippen LogP contribution in [0.3, 0.4) is 0 Å². The monoisotopic (exact) mass is 381 g/mol. The van der Waals surface area contributed by atoms with Crippen LogP contribution in [0.5, 0.6) is 0 Å². The maximum Gasteiger partial charge on any atom is 0.249 e. The number of primary amides is 1. The Kier molecular flexibility index (Phi) is 4.79. The molecule has 0 spiro atoms. The number of benzene rings is 1. The first kappa shape index (κ1) is 18.8. The zero-order chi connectivity index (χ0) is 19.8. The molecule has 2 heterocycles. The molecule has 0 unspecified atom stereocenters. The van der Waals surface area contributed by atoms with Crippen molar-refractivity contribution in [1.29, 1.82) is 0 Å². The van der Waals surface area contributed by atoms with E-state index in [0.29, 0.717) is 30.0 Å². The van der Waals surface area contributed by atoms with Gasteiger partial charge < -0.3 is 10.5 Å². The summed E-state index contributed by atoms with van der Waals surface area (Å²) in [5.74, 6) is 0.278. The summed E-state index contributed by atoms with van der Waals surface area (Å²) in [6.07, 6.45) is 6.83. The first-order valence-electron chi connectivity index (χ1n) is 9.87. The number of nitrogens with zero attached hydrogens (tertiary/aromatic N) is 3. The third-order valence-electron chi connectivity index (χ3n) is 6.28. The minimum absolute atomic E-state index is 0.292. The molecule has 1 saturated heterocycles. The number of hydrogen-bond acceptors (Lipinski definition) is 5. The molecular weight excluding hydrogens is 354 g/mol. The highest BCUT2D eigenvalue weighted by Crippen LogP contribution is 2.43. The smallest absolute Gasteiger partial charge is 0.249 e. The van der Waals surface area contributed by atoms with Crippen LogP contribution in [0.25, 0.3) is 5.57 Å². The summed E-state index contributed by atoms with van der Waals surface area (Å²) >= 11 is 0. The molecule has 1 amide bonds. The van der Waals surface area contributed by atoms with Crippen molar-refractivity contribution in [3.05, 3.63) is 46.8 Å². The van der Waals surface area contributed by atoms with E-state index in [0.717, 1.165) is 43.2 Å². The van der Waals surface area contributed by atoms with Crippen LogP contribution in [0.1, 0.15) is 73.3 Å². The van der Waals surface area contributed by atoms with Crippen LogP contribution in [0.4, 0.5) is 0 Å². The summed E-state index contributed by atoms with van der Waals surface area (Å²) in [6, 6.07) is 5.95. The van der Waals surface area contributed by atoms with Gasteiger partial charge in [0.25, 0.3) is 0 Å². The fourth-order valence-electron chi connectivity index (χ4n) is 4.37. The van der Waals surface area contributed by atoms with Gasteiger partial charge in [0.05, 0.1) is 5.41 Å². The lowest BCUT2D eigenvalue weighted by Gasteiger charge is -2.35. The third kappa shape index (κ3) is 3.35. The Morgan fingerprint density at radius 2 is 2.00 bits per heavy atom. The number of allylic oxidation sites excluding steroid dienone is 2. The van der Waals surface area contributed by atoms with E-state index in [1.165, 1.54) is 5.57 Å². The van der Waals surface area contributed by atoms with Gasteiger partial charge in [-0.3, -0.25) is 4.79 Å². The number of hydrogen-bond donors (Lipinski definition) is 2. The summed E-state index contributed by atoms with van der Waals surface area (Å²) in [5, 5.41) is 15.0. The maximum absolute atomic E-state index is 12.1. The number of aromatic amines is 1. The van der Waals surface area contributed by atoms with Crippen molar-refractivity contribution in [2.45, 2.75) is 51.4 Å². The summed E-state index contributed by atoms with van der Waals surface area (Å²) in [4.78, 5) is 12.1. The molecule has 2 aromatic rings. The lowest BCUT2D eigenvalue weighted by Crippen LogP contribution is -2.36. The number of carbonyl (C=O) groups excluding carboxylic acids is 1. The van der Waals surface area contributed by atoms with Gasteiger partial charge in [0, 0.05) is 18.8 Å². The number of nitrogens with one attached hydrogen (secondary N) is 1. The Balaban J connectivity index is 1.82. The average molecular weight is 381 g/mol. The predicted molar refractivity (Wildman–Crippen MR) is 106 cm³/mol. The standard InChI is InChI=1S/C21H27N5O2/c1-20(2)7-5-14(6-8-20)17-13-15(3-4-16(17)18(22)27)21(9-11-28-12-10-21)19-23-25-26-24-19/h3-5,13H,6-12H2,1-2H3,(H2,22,27)(H,23,24,25,26). The minimum Gasteiger partial charge on any atom is -0.381 e. The third-order valence-corrected chi connectivity index (χ3v) is 6.28. The number of carbonyl (C=O) groups is 1. The zero-order valence-corrected chi connectivity index (χ0v) is 16.5. The average Bonchev–Trinajstić information content (AvgIpc) is 3.23. The molecule has 148 valence electrons. The highest BCUT2D eigenvalue weighted by molar-refractivity contribution is 5.98. The molecule has 0 atom stereocenters. The fourth-order valence-corrected chi connectivity index (χ4v) is 4.37. The molecule has 1 fully saturated rings. The summed E-state index contributed by atoms with van der Waals surface area (Å²) < 4.78 is 5.60. The molecular formula is C21H27N5O2. The van der Waals surface area contributed by atoms with Crippen LogP contribution in [0, 0.1) is 5.41 Å². The van der Waals surface area contributed by atoms with E-state index in [-0.39, 0.29) is 5.41 Å². The number of H-pyrrole nitrogens is 1. The van der Waals surface area contributed by atoms with Crippen molar-refractivity contribution < 1.29 is 9.53 Å². The number of nitrogens with two attached hydrogens (primary N) is 1. The molecule has 2 aliphatic rings. The Morgan fingerprint density at radius 1 is 1.21 bits per heavy atom. The Bertz CT molecular complexity index is 896. The Morgan fingerprint density at radius 3 is 2.61 bits per heavy atom. The molecule has 1 aromatic carbocycles. The first-order valence-corrected chi connectivity index (χ1v) is 9.87. The van der Waals surface area contributed by atoms with Crippen molar-refractivity contribution >= 4 is 11.5 Å². The van der Waals surface area contributed by atoms with E-state index < -0.39 is 5.91 Å². The van der Waals surface area contributed by atoms with Crippen molar-refractivity contribution in [1.82, 2.24) is 20.6 Å². The van der Waals surface area contributed by atoms with Crippen molar-refractivity contribution in [3.8, 4) is 0 Å². The van der Waals surface area contributed by atoms with Crippen LogP contribution >= 0.6 is 0 Å². The summed E-state index contributed by atoms with van der Waals surface area (Å²) in [7, 11) is 0. The van der Waals surface area contributed by atoms with E-state index >= 15 is 0 Å². The van der Waals surface area contributed by atoms with Crippen LogP contribution in [0.2, 0.25) is 0 Å². The van der Waals surface area contributed by atoms with Crippen LogP contribution in [-0.4, -0.2) is 39.7 Å². The molecule has 28 heavy (non-hydrogen) atoms. The number of aromatic nitrogens is 4. The van der Waals surface area contributed by atoms with Crippen molar-refractivity contribution in [3.63, 3.8) is 0 Å². The van der Waals surface area contributed by atoms with Crippen molar-refractivity contribution in [2.75, 3.05) is 13.2 Å².